The number of nitrogen functional groups attached to an aromatic ring is 1. The van der Waals surface area contributed by atoms with Gasteiger partial charge < -0.3 is 10.8 Å². The van der Waals surface area contributed by atoms with E-state index in [0.717, 1.165) is 12.8 Å². The second-order valence-electron chi connectivity index (χ2n) is 4.62. The maximum Gasteiger partial charge on any atom is 0.341 e. The summed E-state index contributed by atoms with van der Waals surface area (Å²) in [5, 5.41) is 8.92. The largest absolute Gasteiger partial charge is 0.477 e. The Morgan fingerprint density at radius 1 is 1.37 bits per heavy atom. The van der Waals surface area contributed by atoms with Crippen molar-refractivity contribution in [3.05, 3.63) is 53.0 Å². The van der Waals surface area contributed by atoms with Crippen LogP contribution in [0.4, 0.5) is 5.82 Å². The maximum absolute atomic E-state index is 10.9. The number of carboxylic acid groups (broad SMARTS) is 1. The summed E-state index contributed by atoms with van der Waals surface area (Å²) in [6.45, 7) is 0. The lowest BCUT2D eigenvalue weighted by atomic mass is 10.0. The van der Waals surface area contributed by atoms with Crippen molar-refractivity contribution in [1.82, 2.24) is 9.97 Å². The number of anilines is 1. The number of aryl methyl sites for hydroxylation is 1. The SMILES string of the molecule is Nc1nc(C2CCc3ccccc32)ncc1C(=O)O. The Labute approximate surface area is 110 Å². The Bertz CT molecular complexity index is 655. The van der Waals surface area contributed by atoms with Crippen LogP contribution in [0.15, 0.2) is 30.5 Å². The number of hydrogen-bond acceptors (Lipinski definition) is 4. The minimum atomic E-state index is -1.10. The highest BCUT2D eigenvalue weighted by Crippen LogP contribution is 2.36. The van der Waals surface area contributed by atoms with E-state index in [4.69, 9.17) is 10.8 Å². The molecule has 5 heteroatoms. The highest BCUT2D eigenvalue weighted by atomic mass is 16.4. The van der Waals surface area contributed by atoms with Crippen LogP contribution in [-0.2, 0) is 6.42 Å². The molecule has 0 aliphatic heterocycles. The molecule has 96 valence electrons. The molecule has 0 fully saturated rings. The molecular weight excluding hydrogens is 242 g/mol. The second-order valence-corrected chi connectivity index (χ2v) is 4.62. The first kappa shape index (κ1) is 11.6. The van der Waals surface area contributed by atoms with Crippen LogP contribution in [0, 0.1) is 0 Å². The van der Waals surface area contributed by atoms with Gasteiger partial charge in [-0.1, -0.05) is 24.3 Å². The summed E-state index contributed by atoms with van der Waals surface area (Å²) in [4.78, 5) is 19.2. The zero-order chi connectivity index (χ0) is 13.4. The average Bonchev–Trinajstić information content (AvgIpc) is 2.82. The molecule has 0 saturated carbocycles. The molecule has 0 spiro atoms. The molecule has 19 heavy (non-hydrogen) atoms. The number of carbonyl (C=O) groups is 1. The Hall–Kier alpha value is -2.43. The van der Waals surface area contributed by atoms with Crippen molar-refractivity contribution in [2.75, 3.05) is 5.73 Å². The van der Waals surface area contributed by atoms with E-state index in [2.05, 4.69) is 22.1 Å². The number of nitrogens with two attached hydrogens (primary N) is 1. The number of rotatable bonds is 2. The van der Waals surface area contributed by atoms with Crippen LogP contribution < -0.4 is 5.73 Å². The smallest absolute Gasteiger partial charge is 0.341 e. The molecule has 5 nitrogen and oxygen atoms in total. The van der Waals surface area contributed by atoms with Crippen molar-refractivity contribution in [2.24, 2.45) is 0 Å². The van der Waals surface area contributed by atoms with Crippen molar-refractivity contribution in [1.29, 1.82) is 0 Å². The third-order valence-electron chi connectivity index (χ3n) is 3.51. The lowest BCUT2D eigenvalue weighted by molar-refractivity contribution is 0.0697. The molecule has 1 heterocycles. The zero-order valence-corrected chi connectivity index (χ0v) is 10.2. The Balaban J connectivity index is 2.01. The highest BCUT2D eigenvalue weighted by molar-refractivity contribution is 5.92. The molecule has 3 N–H and O–H groups in total. The summed E-state index contributed by atoms with van der Waals surface area (Å²) in [5.74, 6) is -0.355. The molecule has 1 atom stereocenters. The van der Waals surface area contributed by atoms with Gasteiger partial charge in [-0.2, -0.15) is 0 Å². The normalized spacial score (nSPS) is 17.2. The van der Waals surface area contributed by atoms with E-state index in [1.54, 1.807) is 0 Å². The van der Waals surface area contributed by atoms with Crippen LogP contribution in [-0.4, -0.2) is 21.0 Å². The van der Waals surface area contributed by atoms with Gasteiger partial charge in [0.25, 0.3) is 0 Å². The van der Waals surface area contributed by atoms with Crippen LogP contribution >= 0.6 is 0 Å². The van der Waals surface area contributed by atoms with Crippen molar-refractivity contribution < 1.29 is 9.90 Å². The average molecular weight is 255 g/mol. The quantitative estimate of drug-likeness (QED) is 0.854. The van der Waals surface area contributed by atoms with Gasteiger partial charge in [-0.3, -0.25) is 0 Å². The summed E-state index contributed by atoms with van der Waals surface area (Å²) in [6.07, 6.45) is 3.22. The second kappa shape index (κ2) is 4.35. The van der Waals surface area contributed by atoms with Crippen molar-refractivity contribution in [3.8, 4) is 0 Å². The van der Waals surface area contributed by atoms with E-state index in [0.29, 0.717) is 5.82 Å². The van der Waals surface area contributed by atoms with Gasteiger partial charge >= 0.3 is 5.97 Å². The predicted octanol–water partition coefficient (Wildman–Crippen LogP) is 1.84. The molecule has 1 aliphatic rings. The summed E-state index contributed by atoms with van der Waals surface area (Å²) in [6, 6.07) is 8.18. The van der Waals surface area contributed by atoms with Gasteiger partial charge in [-0.25, -0.2) is 14.8 Å². The summed E-state index contributed by atoms with van der Waals surface area (Å²) in [5.41, 5.74) is 8.15. The lowest BCUT2D eigenvalue weighted by Crippen LogP contribution is -2.10. The topological polar surface area (TPSA) is 89.1 Å². The summed E-state index contributed by atoms with van der Waals surface area (Å²) >= 11 is 0. The molecule has 0 saturated heterocycles. The van der Waals surface area contributed by atoms with Gasteiger partial charge in [-0.05, 0) is 24.0 Å². The van der Waals surface area contributed by atoms with Gasteiger partial charge in [-0.15, -0.1) is 0 Å². The van der Waals surface area contributed by atoms with Gasteiger partial charge in [0.1, 0.15) is 17.2 Å². The van der Waals surface area contributed by atoms with E-state index in [9.17, 15) is 4.79 Å². The van der Waals surface area contributed by atoms with Crippen LogP contribution in [0.3, 0.4) is 0 Å². The number of aromatic nitrogens is 2. The van der Waals surface area contributed by atoms with E-state index < -0.39 is 5.97 Å². The van der Waals surface area contributed by atoms with Crippen LogP contribution in [0.2, 0.25) is 0 Å². The third kappa shape index (κ3) is 1.93. The number of fused-ring (bicyclic) bond motifs is 1. The van der Waals surface area contributed by atoms with Gasteiger partial charge in [0.15, 0.2) is 0 Å². The number of nitrogens with zero attached hydrogens (tertiary/aromatic N) is 2. The molecule has 1 aromatic carbocycles. The highest BCUT2D eigenvalue weighted by Gasteiger charge is 2.26. The van der Waals surface area contributed by atoms with Crippen molar-refractivity contribution in [2.45, 2.75) is 18.8 Å². The fourth-order valence-corrected chi connectivity index (χ4v) is 2.57. The van der Waals surface area contributed by atoms with Gasteiger partial charge in [0, 0.05) is 12.1 Å². The number of aromatic carboxylic acids is 1. The van der Waals surface area contributed by atoms with Crippen LogP contribution in [0.1, 0.15) is 39.6 Å². The molecule has 0 radical (unpaired) electrons. The fourth-order valence-electron chi connectivity index (χ4n) is 2.57. The molecule has 0 amide bonds. The lowest BCUT2D eigenvalue weighted by Gasteiger charge is -2.11. The minimum Gasteiger partial charge on any atom is -0.477 e. The standard InChI is InChI=1S/C14H13N3O2/c15-12-11(14(18)19)7-16-13(17-12)10-6-5-8-3-1-2-4-9(8)10/h1-4,7,10H,5-6H2,(H,18,19)(H2,15,16,17). The third-order valence-corrected chi connectivity index (χ3v) is 3.51. The van der Waals surface area contributed by atoms with Crippen molar-refractivity contribution in [3.63, 3.8) is 0 Å². The summed E-state index contributed by atoms with van der Waals surface area (Å²) < 4.78 is 0. The Morgan fingerprint density at radius 3 is 2.89 bits per heavy atom. The van der Waals surface area contributed by atoms with E-state index in [1.165, 1.54) is 17.3 Å². The molecule has 0 bridgehead atoms. The van der Waals surface area contributed by atoms with E-state index >= 15 is 0 Å². The number of benzene rings is 1. The summed E-state index contributed by atoms with van der Waals surface area (Å²) in [7, 11) is 0. The first-order valence-electron chi connectivity index (χ1n) is 6.10. The zero-order valence-electron chi connectivity index (χ0n) is 10.2. The Morgan fingerprint density at radius 2 is 2.16 bits per heavy atom. The molecule has 1 aliphatic carbocycles. The molecule has 3 rings (SSSR count). The maximum atomic E-state index is 10.9. The molecule has 1 unspecified atom stereocenters. The van der Waals surface area contributed by atoms with Crippen molar-refractivity contribution >= 4 is 11.8 Å². The minimum absolute atomic E-state index is 0.0295. The monoisotopic (exact) mass is 255 g/mol. The first-order chi connectivity index (χ1) is 9.16. The van der Waals surface area contributed by atoms with E-state index in [-0.39, 0.29) is 17.3 Å². The van der Waals surface area contributed by atoms with Gasteiger partial charge in [0.2, 0.25) is 0 Å². The molecule has 2 aromatic rings. The fraction of sp³-hybridized carbons (Fsp3) is 0.214. The molecular formula is C14H13N3O2. The Kier molecular flexibility index (Phi) is 2.67. The van der Waals surface area contributed by atoms with Gasteiger partial charge in [0.05, 0.1) is 0 Å². The number of carboxylic acids is 1. The number of hydrogen-bond donors (Lipinski definition) is 2. The van der Waals surface area contributed by atoms with Crippen LogP contribution in [0.25, 0.3) is 0 Å². The molecule has 1 aromatic heterocycles. The first-order valence-corrected chi connectivity index (χ1v) is 6.10. The van der Waals surface area contributed by atoms with Crippen LogP contribution in [0.5, 0.6) is 0 Å². The predicted molar refractivity (Wildman–Crippen MR) is 70.0 cm³/mol. The van der Waals surface area contributed by atoms with E-state index in [1.807, 2.05) is 12.1 Å².